The van der Waals surface area contributed by atoms with E-state index < -0.39 is 29.5 Å². The lowest BCUT2D eigenvalue weighted by Crippen LogP contribution is -2.46. The lowest BCUT2D eigenvalue weighted by Gasteiger charge is -2.32. The number of hydrogen-bond donors (Lipinski definition) is 1. The van der Waals surface area contributed by atoms with Gasteiger partial charge in [0.1, 0.15) is 29.7 Å². The first-order valence-electron chi connectivity index (χ1n) is 12.4. The van der Waals surface area contributed by atoms with Crippen molar-refractivity contribution in [1.29, 1.82) is 0 Å². The minimum atomic E-state index is -1.08. The molecule has 4 aromatic rings. The molecule has 3 aromatic carbocycles. The van der Waals surface area contributed by atoms with Crippen molar-refractivity contribution in [2.45, 2.75) is 38.1 Å². The molecule has 2 atom stereocenters. The molecule has 0 radical (unpaired) electrons. The van der Waals surface area contributed by atoms with Gasteiger partial charge in [-0.15, -0.1) is 5.10 Å². The Hall–Kier alpha value is -4.18. The molecule has 8 nitrogen and oxygen atoms in total. The van der Waals surface area contributed by atoms with Gasteiger partial charge in [-0.25, -0.2) is 13.5 Å². The Kier molecular flexibility index (Phi) is 7.69. The quantitative estimate of drug-likeness (QED) is 0.364. The van der Waals surface area contributed by atoms with Gasteiger partial charge in [-0.3, -0.25) is 9.59 Å². The molecule has 0 unspecified atom stereocenters. The first kappa shape index (κ1) is 25.5. The third-order valence-corrected chi connectivity index (χ3v) is 6.57. The van der Waals surface area contributed by atoms with Crippen LogP contribution in [-0.4, -0.2) is 51.0 Å². The molecule has 2 heterocycles. The van der Waals surface area contributed by atoms with Gasteiger partial charge in [0, 0.05) is 19.7 Å². The minimum Gasteiger partial charge on any atom is -0.376 e. The van der Waals surface area contributed by atoms with Crippen LogP contribution in [0.3, 0.4) is 0 Å². The Bertz CT molecular complexity index is 1400. The number of benzene rings is 3. The number of rotatable bonds is 9. The molecule has 0 spiro atoms. The van der Waals surface area contributed by atoms with Gasteiger partial charge in [0.2, 0.25) is 11.8 Å². The number of nitrogens with one attached hydrogen (secondary N) is 1. The van der Waals surface area contributed by atoms with Crippen LogP contribution in [0.1, 0.15) is 30.0 Å². The van der Waals surface area contributed by atoms with Crippen molar-refractivity contribution >= 4 is 22.8 Å². The Labute approximate surface area is 218 Å². The van der Waals surface area contributed by atoms with E-state index in [4.69, 9.17) is 4.74 Å². The van der Waals surface area contributed by atoms with Crippen LogP contribution >= 0.6 is 0 Å². The summed E-state index contributed by atoms with van der Waals surface area (Å²) in [5, 5.41) is 11.1. The van der Waals surface area contributed by atoms with E-state index in [0.29, 0.717) is 35.3 Å². The Morgan fingerprint density at radius 2 is 1.74 bits per heavy atom. The zero-order chi connectivity index (χ0) is 26.5. The predicted octanol–water partition coefficient (Wildman–Crippen LogP) is 3.77. The summed E-state index contributed by atoms with van der Waals surface area (Å²) in [5.41, 5.74) is 2.37. The van der Waals surface area contributed by atoms with Crippen LogP contribution in [0.25, 0.3) is 11.0 Å². The fourth-order valence-electron chi connectivity index (χ4n) is 4.60. The number of carbonyl (C=O) groups excluding carboxylic acids is 2. The topological polar surface area (TPSA) is 89.4 Å². The molecular formula is C28H27F2N5O3. The Morgan fingerprint density at radius 1 is 1.03 bits per heavy atom. The highest BCUT2D eigenvalue weighted by Gasteiger charge is 2.33. The number of hydrogen-bond acceptors (Lipinski definition) is 5. The van der Waals surface area contributed by atoms with Crippen molar-refractivity contribution in [1.82, 2.24) is 25.2 Å². The second kappa shape index (κ2) is 11.5. The Morgan fingerprint density at radius 3 is 2.45 bits per heavy atom. The zero-order valence-corrected chi connectivity index (χ0v) is 20.6. The average molecular weight is 520 g/mol. The van der Waals surface area contributed by atoms with E-state index >= 15 is 0 Å². The summed E-state index contributed by atoms with van der Waals surface area (Å²) in [6.07, 6.45) is 1.65. The van der Waals surface area contributed by atoms with Gasteiger partial charge >= 0.3 is 0 Å². The van der Waals surface area contributed by atoms with Gasteiger partial charge in [0.15, 0.2) is 0 Å². The van der Waals surface area contributed by atoms with Crippen molar-refractivity contribution in [3.63, 3.8) is 0 Å². The molecule has 196 valence electrons. The molecule has 1 fully saturated rings. The lowest BCUT2D eigenvalue weighted by molar-refractivity contribution is -0.142. The summed E-state index contributed by atoms with van der Waals surface area (Å²) >= 11 is 0. The van der Waals surface area contributed by atoms with Crippen LogP contribution in [0.5, 0.6) is 0 Å². The Balaban J connectivity index is 1.49. The number of carbonyl (C=O) groups is 2. The summed E-state index contributed by atoms with van der Waals surface area (Å²) in [6, 6.07) is 17.4. The average Bonchev–Trinajstić information content (AvgIpc) is 3.60. The SMILES string of the molecule is O=C(NC[C@H]1CCCO1)[C@H](c1ccc(F)cc1)N(Cc1ccc(F)cc1)C(=O)Cn1nnc2ccccc21. The van der Waals surface area contributed by atoms with Crippen LogP contribution in [0.2, 0.25) is 0 Å². The molecule has 1 N–H and O–H groups in total. The first-order chi connectivity index (χ1) is 18.5. The van der Waals surface area contributed by atoms with Gasteiger partial charge in [-0.05, 0) is 60.4 Å². The van der Waals surface area contributed by atoms with Gasteiger partial charge in [0.05, 0.1) is 11.6 Å². The molecule has 0 aliphatic carbocycles. The van der Waals surface area contributed by atoms with Crippen molar-refractivity contribution in [2.24, 2.45) is 0 Å². The molecule has 0 bridgehead atoms. The van der Waals surface area contributed by atoms with Crippen molar-refractivity contribution in [3.8, 4) is 0 Å². The van der Waals surface area contributed by atoms with E-state index in [1.54, 1.807) is 24.3 Å². The lowest BCUT2D eigenvalue weighted by atomic mass is 10.0. The fraction of sp³-hybridized carbons (Fsp3) is 0.286. The largest absolute Gasteiger partial charge is 0.376 e. The number of amides is 2. The molecule has 2 amide bonds. The number of halogens is 2. The van der Waals surface area contributed by atoms with Crippen molar-refractivity contribution in [2.75, 3.05) is 13.2 Å². The summed E-state index contributed by atoms with van der Waals surface area (Å²) < 4.78 is 34.5. The van der Waals surface area contributed by atoms with E-state index in [-0.39, 0.29) is 19.2 Å². The summed E-state index contributed by atoms with van der Waals surface area (Å²) in [4.78, 5) is 28.9. The summed E-state index contributed by atoms with van der Waals surface area (Å²) in [5.74, 6) is -1.71. The molecule has 1 aliphatic rings. The number of para-hydroxylation sites is 1. The van der Waals surface area contributed by atoms with E-state index in [9.17, 15) is 18.4 Å². The summed E-state index contributed by atoms with van der Waals surface area (Å²) in [6.45, 7) is 0.769. The van der Waals surface area contributed by atoms with Gasteiger partial charge in [-0.2, -0.15) is 0 Å². The highest BCUT2D eigenvalue weighted by Crippen LogP contribution is 2.26. The van der Waals surface area contributed by atoms with Crippen LogP contribution in [0.4, 0.5) is 8.78 Å². The molecule has 0 saturated carbocycles. The monoisotopic (exact) mass is 519 g/mol. The standard InChI is InChI=1S/C28H27F2N5O3/c29-21-11-7-19(8-12-21)17-34(26(36)18-35-25-6-2-1-5-24(25)32-33-35)27(20-9-13-22(30)14-10-20)28(37)31-16-23-4-3-15-38-23/h1-2,5-14,23,27H,3-4,15-18H2,(H,31,37)/t23-,27+/m1/s1. The van der Waals surface area contributed by atoms with E-state index in [1.165, 1.54) is 46.0 Å². The normalized spacial score (nSPS) is 15.9. The maximum atomic E-state index is 13.9. The smallest absolute Gasteiger partial charge is 0.247 e. The van der Waals surface area contributed by atoms with Crippen LogP contribution in [-0.2, 0) is 27.4 Å². The van der Waals surface area contributed by atoms with Gasteiger partial charge in [0.25, 0.3) is 0 Å². The highest BCUT2D eigenvalue weighted by atomic mass is 19.1. The number of fused-ring (bicyclic) bond motifs is 1. The second-order valence-electron chi connectivity index (χ2n) is 9.22. The number of ether oxygens (including phenoxy) is 1. The first-order valence-corrected chi connectivity index (χ1v) is 12.4. The summed E-state index contributed by atoms with van der Waals surface area (Å²) in [7, 11) is 0. The highest BCUT2D eigenvalue weighted by molar-refractivity contribution is 5.89. The molecule has 1 aliphatic heterocycles. The molecular weight excluding hydrogens is 492 g/mol. The number of nitrogens with zero attached hydrogens (tertiary/aromatic N) is 4. The maximum absolute atomic E-state index is 13.9. The maximum Gasteiger partial charge on any atom is 0.247 e. The molecule has 5 rings (SSSR count). The second-order valence-corrected chi connectivity index (χ2v) is 9.22. The van der Waals surface area contributed by atoms with Gasteiger partial charge in [-0.1, -0.05) is 41.6 Å². The molecule has 38 heavy (non-hydrogen) atoms. The molecule has 1 saturated heterocycles. The molecule has 10 heteroatoms. The minimum absolute atomic E-state index is 0.0150. The molecule has 1 aromatic heterocycles. The van der Waals surface area contributed by atoms with Crippen molar-refractivity contribution in [3.05, 3.63) is 95.6 Å². The zero-order valence-electron chi connectivity index (χ0n) is 20.6. The predicted molar refractivity (Wildman–Crippen MR) is 136 cm³/mol. The fourth-order valence-corrected chi connectivity index (χ4v) is 4.60. The van der Waals surface area contributed by atoms with Crippen LogP contribution < -0.4 is 5.32 Å². The third kappa shape index (κ3) is 5.86. The van der Waals surface area contributed by atoms with E-state index in [1.807, 2.05) is 12.1 Å². The van der Waals surface area contributed by atoms with E-state index in [2.05, 4.69) is 15.6 Å². The van der Waals surface area contributed by atoms with Crippen LogP contribution in [0.15, 0.2) is 72.8 Å². The van der Waals surface area contributed by atoms with E-state index in [0.717, 1.165) is 12.8 Å². The number of aromatic nitrogens is 3. The van der Waals surface area contributed by atoms with Gasteiger partial charge < -0.3 is 15.0 Å². The third-order valence-electron chi connectivity index (χ3n) is 6.57. The van der Waals surface area contributed by atoms with Crippen LogP contribution in [0, 0.1) is 11.6 Å². The van der Waals surface area contributed by atoms with Crippen molar-refractivity contribution < 1.29 is 23.1 Å².